The van der Waals surface area contributed by atoms with Gasteiger partial charge < -0.3 is 15.8 Å². The number of ether oxygens (including phenoxy) is 1. The van der Waals surface area contributed by atoms with Gasteiger partial charge in [-0.15, -0.1) is 5.10 Å². The van der Waals surface area contributed by atoms with Crippen LogP contribution in [0.25, 0.3) is 16.9 Å². The lowest BCUT2D eigenvalue weighted by Crippen LogP contribution is -2.21. The third kappa shape index (κ3) is 2.76. The normalized spacial score (nSPS) is 20.4. The van der Waals surface area contributed by atoms with Crippen molar-refractivity contribution in [3.05, 3.63) is 30.5 Å². The summed E-state index contributed by atoms with van der Waals surface area (Å²) in [7, 11) is 1.64. The first-order chi connectivity index (χ1) is 11.7. The van der Waals surface area contributed by atoms with Gasteiger partial charge >= 0.3 is 0 Å². The molecule has 124 valence electrons. The van der Waals surface area contributed by atoms with Gasteiger partial charge in [-0.25, -0.2) is 4.98 Å². The van der Waals surface area contributed by atoms with Crippen LogP contribution in [0.5, 0.6) is 5.75 Å². The number of nitrogens with two attached hydrogens (primary N) is 1. The number of hydrogen-bond donors (Lipinski definition) is 2. The van der Waals surface area contributed by atoms with E-state index in [-0.39, 0.29) is 6.04 Å². The zero-order valence-corrected chi connectivity index (χ0v) is 13.4. The van der Waals surface area contributed by atoms with E-state index in [4.69, 9.17) is 10.5 Å². The van der Waals surface area contributed by atoms with Crippen LogP contribution in [-0.2, 0) is 0 Å². The molecule has 4 rings (SSSR count). The molecule has 0 aliphatic heterocycles. The summed E-state index contributed by atoms with van der Waals surface area (Å²) in [6, 6.07) is 8.17. The summed E-state index contributed by atoms with van der Waals surface area (Å²) in [5.74, 6) is 1.37. The molecule has 3 aromatic rings. The Morgan fingerprint density at radius 3 is 2.79 bits per heavy atom. The summed E-state index contributed by atoms with van der Waals surface area (Å²) in [4.78, 5) is 8.92. The highest BCUT2D eigenvalue weighted by atomic mass is 16.5. The smallest absolute Gasteiger partial charge is 0.225 e. The van der Waals surface area contributed by atoms with Crippen LogP contribution in [0.15, 0.2) is 30.5 Å². The van der Waals surface area contributed by atoms with E-state index in [1.165, 1.54) is 0 Å². The number of fused-ring (bicyclic) bond motifs is 1. The molecule has 1 aromatic carbocycles. The van der Waals surface area contributed by atoms with Gasteiger partial charge in [0, 0.05) is 12.1 Å². The third-order valence-corrected chi connectivity index (χ3v) is 4.32. The van der Waals surface area contributed by atoms with Gasteiger partial charge in [0.15, 0.2) is 11.2 Å². The second-order valence-corrected chi connectivity index (χ2v) is 6.02. The molecule has 0 radical (unpaired) electrons. The highest BCUT2D eigenvalue weighted by Gasteiger charge is 2.22. The van der Waals surface area contributed by atoms with Crippen LogP contribution in [0.4, 0.5) is 5.95 Å². The Kier molecular flexibility index (Phi) is 3.73. The minimum Gasteiger partial charge on any atom is -0.497 e. The van der Waals surface area contributed by atoms with Crippen molar-refractivity contribution >= 4 is 17.1 Å². The van der Waals surface area contributed by atoms with Gasteiger partial charge in [0.1, 0.15) is 5.75 Å². The maximum atomic E-state index is 5.96. The van der Waals surface area contributed by atoms with Crippen molar-refractivity contribution in [2.75, 3.05) is 12.4 Å². The fourth-order valence-corrected chi connectivity index (χ4v) is 3.03. The molecule has 2 heterocycles. The predicted molar refractivity (Wildman–Crippen MR) is 90.2 cm³/mol. The van der Waals surface area contributed by atoms with E-state index in [1.54, 1.807) is 18.0 Å². The van der Waals surface area contributed by atoms with Crippen LogP contribution in [0.3, 0.4) is 0 Å². The average molecular weight is 325 g/mol. The monoisotopic (exact) mass is 325 g/mol. The Morgan fingerprint density at radius 2 is 2.08 bits per heavy atom. The number of anilines is 1. The molecule has 1 aliphatic rings. The van der Waals surface area contributed by atoms with E-state index >= 15 is 0 Å². The topological polar surface area (TPSA) is 104 Å². The molecule has 3 N–H and O–H groups in total. The predicted octanol–water partition coefficient (Wildman–Crippen LogP) is 1.51. The van der Waals surface area contributed by atoms with Crippen molar-refractivity contribution < 1.29 is 4.74 Å². The van der Waals surface area contributed by atoms with Gasteiger partial charge in [-0.1, -0.05) is 5.21 Å². The maximum Gasteiger partial charge on any atom is 0.225 e. The summed E-state index contributed by atoms with van der Waals surface area (Å²) >= 11 is 0. The fourth-order valence-electron chi connectivity index (χ4n) is 3.03. The number of hydrogen-bond acceptors (Lipinski definition) is 7. The first-order valence-corrected chi connectivity index (χ1v) is 7.98. The van der Waals surface area contributed by atoms with Gasteiger partial charge in [-0.2, -0.15) is 9.67 Å². The Hall–Kier alpha value is -2.74. The molecular weight excluding hydrogens is 306 g/mol. The minimum atomic E-state index is 0.262. The third-order valence-electron chi connectivity index (χ3n) is 4.32. The van der Waals surface area contributed by atoms with Crippen LogP contribution in [0.1, 0.15) is 19.3 Å². The summed E-state index contributed by atoms with van der Waals surface area (Å²) in [5.41, 5.74) is 8.15. The summed E-state index contributed by atoms with van der Waals surface area (Å²) in [6.07, 6.45) is 4.70. The molecular formula is C16H19N7O. The lowest BCUT2D eigenvalue weighted by Gasteiger charge is -2.12. The Bertz CT molecular complexity index is 845. The molecule has 8 heteroatoms. The van der Waals surface area contributed by atoms with Gasteiger partial charge in [0.2, 0.25) is 5.95 Å². The van der Waals surface area contributed by atoms with E-state index in [9.17, 15) is 0 Å². The van der Waals surface area contributed by atoms with Crippen LogP contribution >= 0.6 is 0 Å². The number of methoxy groups -OCH3 is 1. The highest BCUT2D eigenvalue weighted by Crippen LogP contribution is 2.22. The second kappa shape index (κ2) is 6.04. The number of benzene rings is 1. The average Bonchev–Trinajstić information content (AvgIpc) is 3.21. The Labute approximate surface area is 139 Å². The summed E-state index contributed by atoms with van der Waals surface area (Å²) < 4.78 is 6.88. The SMILES string of the molecule is COc1ccc(-n2nnc3cnc(N[C@@H]4CC[C@@H](N)C4)nc32)cc1. The largest absolute Gasteiger partial charge is 0.497 e. The van der Waals surface area contributed by atoms with Gasteiger partial charge in [0.05, 0.1) is 19.0 Å². The van der Waals surface area contributed by atoms with Crippen LogP contribution in [-0.4, -0.2) is 44.2 Å². The maximum absolute atomic E-state index is 5.96. The molecule has 0 amide bonds. The second-order valence-electron chi connectivity index (χ2n) is 6.02. The first-order valence-electron chi connectivity index (χ1n) is 7.98. The van der Waals surface area contributed by atoms with E-state index < -0.39 is 0 Å². The summed E-state index contributed by atoms with van der Waals surface area (Å²) in [6.45, 7) is 0. The zero-order valence-electron chi connectivity index (χ0n) is 13.4. The van der Waals surface area contributed by atoms with Crippen molar-refractivity contribution in [2.45, 2.75) is 31.3 Å². The van der Waals surface area contributed by atoms with Gasteiger partial charge in [-0.05, 0) is 43.5 Å². The number of nitrogens with one attached hydrogen (secondary N) is 1. The van der Waals surface area contributed by atoms with Crippen LogP contribution in [0, 0.1) is 0 Å². The molecule has 0 spiro atoms. The van der Waals surface area contributed by atoms with Crippen molar-refractivity contribution in [1.82, 2.24) is 25.0 Å². The molecule has 2 aromatic heterocycles. The van der Waals surface area contributed by atoms with E-state index in [2.05, 4.69) is 25.6 Å². The minimum absolute atomic E-state index is 0.262. The highest BCUT2D eigenvalue weighted by molar-refractivity contribution is 5.72. The molecule has 1 fully saturated rings. The molecule has 0 saturated heterocycles. The van der Waals surface area contributed by atoms with Crippen molar-refractivity contribution in [3.8, 4) is 11.4 Å². The number of rotatable bonds is 4. The fraction of sp³-hybridized carbons (Fsp3) is 0.375. The van der Waals surface area contributed by atoms with Gasteiger partial charge in [-0.3, -0.25) is 0 Å². The lowest BCUT2D eigenvalue weighted by atomic mass is 10.2. The van der Waals surface area contributed by atoms with E-state index in [0.717, 1.165) is 30.7 Å². The van der Waals surface area contributed by atoms with E-state index in [1.807, 2.05) is 24.3 Å². The zero-order chi connectivity index (χ0) is 16.5. The Balaban J connectivity index is 1.65. The molecule has 8 nitrogen and oxygen atoms in total. The van der Waals surface area contributed by atoms with Crippen molar-refractivity contribution in [3.63, 3.8) is 0 Å². The lowest BCUT2D eigenvalue weighted by molar-refractivity contribution is 0.414. The van der Waals surface area contributed by atoms with Crippen molar-refractivity contribution in [2.24, 2.45) is 5.73 Å². The van der Waals surface area contributed by atoms with Crippen LogP contribution < -0.4 is 15.8 Å². The van der Waals surface area contributed by atoms with Crippen LogP contribution in [0.2, 0.25) is 0 Å². The van der Waals surface area contributed by atoms with Gasteiger partial charge in [0.25, 0.3) is 0 Å². The first kappa shape index (κ1) is 14.8. The van der Waals surface area contributed by atoms with E-state index in [0.29, 0.717) is 23.2 Å². The Morgan fingerprint density at radius 1 is 1.25 bits per heavy atom. The molecule has 1 saturated carbocycles. The quantitative estimate of drug-likeness (QED) is 0.749. The standard InChI is InChI=1S/C16H19N7O/c1-24-13-6-4-12(5-7-13)23-15-14(21-22-23)9-18-16(20-15)19-11-3-2-10(17)8-11/h4-7,9-11H,2-3,8,17H2,1H3,(H,18,19,20)/t10-,11-/m1/s1. The van der Waals surface area contributed by atoms with Crippen molar-refractivity contribution in [1.29, 1.82) is 0 Å². The number of aromatic nitrogens is 5. The number of nitrogens with zero attached hydrogens (tertiary/aromatic N) is 5. The molecule has 0 bridgehead atoms. The molecule has 0 unspecified atom stereocenters. The molecule has 2 atom stereocenters. The molecule has 24 heavy (non-hydrogen) atoms. The summed E-state index contributed by atoms with van der Waals surface area (Å²) in [5, 5.41) is 11.7. The molecule has 1 aliphatic carbocycles.